The van der Waals surface area contributed by atoms with Crippen LogP contribution in [0.4, 0.5) is 4.79 Å². The maximum Gasteiger partial charge on any atom is 0.424 e. The molecule has 2 heterocycles. The van der Waals surface area contributed by atoms with Crippen molar-refractivity contribution >= 4 is 6.09 Å². The highest BCUT2D eigenvalue weighted by Crippen LogP contribution is 2.30. The van der Waals surface area contributed by atoms with Crippen molar-refractivity contribution in [2.24, 2.45) is 0 Å². The Kier molecular flexibility index (Phi) is 2.96. The van der Waals surface area contributed by atoms with Crippen LogP contribution >= 0.6 is 0 Å². The van der Waals surface area contributed by atoms with Crippen molar-refractivity contribution in [3.8, 4) is 0 Å². The number of carbonyl (C=O) groups is 1. The summed E-state index contributed by atoms with van der Waals surface area (Å²) in [5.74, 6) is 0. The van der Waals surface area contributed by atoms with Crippen molar-refractivity contribution in [1.82, 2.24) is 10.0 Å². The fourth-order valence-corrected chi connectivity index (χ4v) is 2.57. The first kappa shape index (κ1) is 11.5. The molecule has 1 amide bonds. The van der Waals surface area contributed by atoms with E-state index in [9.17, 15) is 4.79 Å². The van der Waals surface area contributed by atoms with Gasteiger partial charge < -0.3 is 4.74 Å². The molecule has 4 heteroatoms. The number of hydrogen-bond acceptors (Lipinski definition) is 3. The molecule has 0 bridgehead atoms. The average molecular weight is 246 g/mol. The van der Waals surface area contributed by atoms with Gasteiger partial charge in [0.15, 0.2) is 0 Å². The normalized spacial score (nSPS) is 30.4. The quantitative estimate of drug-likeness (QED) is 0.762. The van der Waals surface area contributed by atoms with Crippen molar-refractivity contribution in [3.05, 3.63) is 35.9 Å². The Morgan fingerprint density at radius 2 is 2.06 bits per heavy atom. The molecule has 2 saturated heterocycles. The van der Waals surface area contributed by atoms with Crippen LogP contribution < -0.4 is 0 Å². The smallest absolute Gasteiger partial charge is 0.424 e. The third-order valence-electron chi connectivity index (χ3n) is 3.68. The number of cyclic esters (lactones) is 1. The number of benzene rings is 1. The second-order valence-corrected chi connectivity index (χ2v) is 4.95. The number of rotatable bonds is 4. The molecule has 2 aliphatic rings. The molecule has 4 nitrogen and oxygen atoms in total. The van der Waals surface area contributed by atoms with Crippen LogP contribution in [0.25, 0.3) is 0 Å². The minimum absolute atomic E-state index is 0.149. The number of hydrazine groups is 1. The zero-order chi connectivity index (χ0) is 12.5. The van der Waals surface area contributed by atoms with Gasteiger partial charge in [-0.2, -0.15) is 0 Å². The van der Waals surface area contributed by atoms with Gasteiger partial charge >= 0.3 is 6.09 Å². The molecule has 18 heavy (non-hydrogen) atoms. The lowest BCUT2D eigenvalue weighted by Gasteiger charge is -2.22. The van der Waals surface area contributed by atoms with Crippen molar-refractivity contribution in [2.45, 2.75) is 31.8 Å². The largest absolute Gasteiger partial charge is 0.446 e. The van der Waals surface area contributed by atoms with Crippen LogP contribution in [-0.4, -0.2) is 41.3 Å². The van der Waals surface area contributed by atoms with Crippen LogP contribution in [-0.2, 0) is 11.2 Å². The van der Waals surface area contributed by atoms with E-state index in [1.165, 1.54) is 5.56 Å². The SMILES string of the molecule is CC[C@H]1CN1N1C(=O)OC[C@@H]1Cc1ccccc1. The molecular weight excluding hydrogens is 228 g/mol. The van der Waals surface area contributed by atoms with Gasteiger partial charge in [-0.25, -0.2) is 14.8 Å². The minimum atomic E-state index is -0.188. The molecular formula is C14H18N2O2. The zero-order valence-corrected chi connectivity index (χ0v) is 10.6. The van der Waals surface area contributed by atoms with E-state index >= 15 is 0 Å². The van der Waals surface area contributed by atoms with E-state index in [1.807, 2.05) is 23.2 Å². The maximum atomic E-state index is 11.8. The van der Waals surface area contributed by atoms with Gasteiger partial charge in [0.2, 0.25) is 0 Å². The summed E-state index contributed by atoms with van der Waals surface area (Å²) in [7, 11) is 0. The summed E-state index contributed by atoms with van der Waals surface area (Å²) in [5.41, 5.74) is 1.25. The summed E-state index contributed by atoms with van der Waals surface area (Å²) in [4.78, 5) is 11.8. The second kappa shape index (κ2) is 4.61. The lowest BCUT2D eigenvalue weighted by Crippen LogP contribution is -2.40. The van der Waals surface area contributed by atoms with Crippen molar-refractivity contribution in [3.63, 3.8) is 0 Å². The Balaban J connectivity index is 1.70. The lowest BCUT2D eigenvalue weighted by molar-refractivity contribution is 0.0829. The van der Waals surface area contributed by atoms with Crippen molar-refractivity contribution in [1.29, 1.82) is 0 Å². The van der Waals surface area contributed by atoms with E-state index in [-0.39, 0.29) is 12.1 Å². The summed E-state index contributed by atoms with van der Waals surface area (Å²) >= 11 is 0. The first-order valence-corrected chi connectivity index (χ1v) is 6.56. The molecule has 1 aromatic rings. The van der Waals surface area contributed by atoms with E-state index in [2.05, 4.69) is 24.1 Å². The van der Waals surface area contributed by atoms with E-state index in [1.54, 1.807) is 0 Å². The Bertz CT molecular complexity index is 435. The molecule has 3 atom stereocenters. The molecule has 0 N–H and O–H groups in total. The van der Waals surface area contributed by atoms with Gasteiger partial charge in [0.1, 0.15) is 6.61 Å². The summed E-state index contributed by atoms with van der Waals surface area (Å²) in [6.07, 6.45) is 1.76. The molecule has 0 saturated carbocycles. The Morgan fingerprint density at radius 1 is 1.28 bits per heavy atom. The van der Waals surface area contributed by atoms with E-state index in [0.29, 0.717) is 12.6 Å². The highest BCUT2D eigenvalue weighted by molar-refractivity contribution is 5.70. The van der Waals surface area contributed by atoms with Crippen LogP contribution in [0.15, 0.2) is 30.3 Å². The number of hydrogen-bond donors (Lipinski definition) is 0. The Labute approximate surface area is 107 Å². The molecule has 1 aromatic carbocycles. The number of amides is 1. The van der Waals surface area contributed by atoms with Crippen LogP contribution in [0, 0.1) is 0 Å². The van der Waals surface area contributed by atoms with Gasteiger partial charge in [0.05, 0.1) is 6.04 Å². The number of carbonyl (C=O) groups excluding carboxylic acids is 1. The van der Waals surface area contributed by atoms with Crippen molar-refractivity contribution < 1.29 is 9.53 Å². The van der Waals surface area contributed by atoms with Gasteiger partial charge in [0.25, 0.3) is 0 Å². The fraction of sp³-hybridized carbons (Fsp3) is 0.500. The monoisotopic (exact) mass is 246 g/mol. The molecule has 3 rings (SSSR count). The van der Waals surface area contributed by atoms with Gasteiger partial charge in [0, 0.05) is 12.6 Å². The van der Waals surface area contributed by atoms with Gasteiger partial charge in [-0.15, -0.1) is 0 Å². The highest BCUT2D eigenvalue weighted by Gasteiger charge is 2.47. The molecule has 96 valence electrons. The molecule has 0 aromatic heterocycles. The van der Waals surface area contributed by atoms with Gasteiger partial charge in [-0.3, -0.25) is 0 Å². The Morgan fingerprint density at radius 3 is 2.72 bits per heavy atom. The summed E-state index contributed by atoms with van der Waals surface area (Å²) in [6, 6.07) is 10.9. The summed E-state index contributed by atoms with van der Waals surface area (Å²) in [5, 5.41) is 3.95. The molecule has 0 radical (unpaired) electrons. The third-order valence-corrected chi connectivity index (χ3v) is 3.68. The number of nitrogens with zero attached hydrogens (tertiary/aromatic N) is 2. The third kappa shape index (κ3) is 2.08. The first-order valence-electron chi connectivity index (χ1n) is 6.56. The van der Waals surface area contributed by atoms with E-state index in [0.717, 1.165) is 19.4 Å². The van der Waals surface area contributed by atoms with Crippen LogP contribution in [0.2, 0.25) is 0 Å². The topological polar surface area (TPSA) is 32.5 Å². The fourth-order valence-electron chi connectivity index (χ4n) is 2.57. The average Bonchev–Trinajstić information content (AvgIpc) is 3.09. The van der Waals surface area contributed by atoms with Crippen molar-refractivity contribution in [2.75, 3.05) is 13.2 Å². The molecule has 0 spiro atoms. The second-order valence-electron chi connectivity index (χ2n) is 4.95. The highest BCUT2D eigenvalue weighted by atomic mass is 16.6. The predicted octanol–water partition coefficient (Wildman–Crippen LogP) is 2.06. The molecule has 0 aliphatic carbocycles. The summed E-state index contributed by atoms with van der Waals surface area (Å²) in [6.45, 7) is 3.63. The van der Waals surface area contributed by atoms with Crippen LogP contribution in [0.3, 0.4) is 0 Å². The lowest BCUT2D eigenvalue weighted by atomic mass is 10.1. The predicted molar refractivity (Wildman–Crippen MR) is 67.9 cm³/mol. The zero-order valence-electron chi connectivity index (χ0n) is 10.6. The Hall–Kier alpha value is -1.55. The van der Waals surface area contributed by atoms with E-state index in [4.69, 9.17) is 4.74 Å². The van der Waals surface area contributed by atoms with Gasteiger partial charge in [-0.1, -0.05) is 37.3 Å². The molecule has 2 aliphatic heterocycles. The number of ether oxygens (including phenoxy) is 1. The maximum absolute atomic E-state index is 11.8. The van der Waals surface area contributed by atoms with E-state index < -0.39 is 0 Å². The first-order chi connectivity index (χ1) is 8.79. The standard InChI is InChI=1S/C14H18N2O2/c1-2-12-9-15(12)16-13(10-18-14(16)17)8-11-6-4-3-5-7-11/h3-7,12-13H,2,8-10H2,1H3/t12-,13-,15?/m0/s1. The molecule has 2 fully saturated rings. The molecule has 1 unspecified atom stereocenters. The van der Waals surface area contributed by atoms with Crippen LogP contribution in [0.5, 0.6) is 0 Å². The summed E-state index contributed by atoms with van der Waals surface area (Å²) < 4.78 is 5.19. The van der Waals surface area contributed by atoms with Gasteiger partial charge in [-0.05, 0) is 18.4 Å². The van der Waals surface area contributed by atoms with Crippen LogP contribution in [0.1, 0.15) is 18.9 Å². The minimum Gasteiger partial charge on any atom is -0.446 e.